The van der Waals surface area contributed by atoms with Crippen LogP contribution in [0.1, 0.15) is 20.8 Å². The normalized spacial score (nSPS) is 12.3. The van der Waals surface area contributed by atoms with E-state index < -0.39 is 0 Å². The molecule has 0 saturated carbocycles. The third kappa shape index (κ3) is 3.88. The fraction of sp³-hybridized carbons (Fsp3) is 0.417. The molecule has 1 aromatic carbocycles. The molecule has 0 saturated heterocycles. The van der Waals surface area contributed by atoms with Crippen LogP contribution in [0.5, 0.6) is 0 Å². The third-order valence-corrected chi connectivity index (χ3v) is 2.05. The van der Waals surface area contributed by atoms with E-state index in [1.54, 1.807) is 19.1 Å². The molecular formula is C12H17FN2O. The summed E-state index contributed by atoms with van der Waals surface area (Å²) in [6.45, 7) is 5.58. The van der Waals surface area contributed by atoms with Crippen molar-refractivity contribution in [1.82, 2.24) is 5.32 Å². The van der Waals surface area contributed by atoms with E-state index >= 15 is 0 Å². The highest BCUT2D eigenvalue weighted by Gasteiger charge is 2.12. The Balaban J connectivity index is 2.53. The van der Waals surface area contributed by atoms with Crippen LogP contribution in [0.15, 0.2) is 24.3 Å². The standard InChI is InChI=1S/C12H17FN2O/c1-8(2)14-12(16)9(3)15-11-6-4-10(13)5-7-11/h4-9,15H,1-3H3,(H,14,16). The predicted molar refractivity (Wildman–Crippen MR) is 62.8 cm³/mol. The molecule has 0 bridgehead atoms. The topological polar surface area (TPSA) is 41.1 Å². The van der Waals surface area contributed by atoms with Crippen molar-refractivity contribution >= 4 is 11.6 Å². The van der Waals surface area contributed by atoms with Gasteiger partial charge in [0, 0.05) is 11.7 Å². The Labute approximate surface area is 95.0 Å². The molecule has 0 radical (unpaired) electrons. The van der Waals surface area contributed by atoms with E-state index in [0.717, 1.165) is 5.69 Å². The van der Waals surface area contributed by atoms with Gasteiger partial charge in [-0.15, -0.1) is 0 Å². The highest BCUT2D eigenvalue weighted by atomic mass is 19.1. The maximum Gasteiger partial charge on any atom is 0.242 e. The number of nitrogens with one attached hydrogen (secondary N) is 2. The van der Waals surface area contributed by atoms with E-state index in [1.807, 2.05) is 13.8 Å². The summed E-state index contributed by atoms with van der Waals surface area (Å²) < 4.78 is 12.6. The zero-order chi connectivity index (χ0) is 12.1. The van der Waals surface area contributed by atoms with Crippen LogP contribution in [0.2, 0.25) is 0 Å². The maximum atomic E-state index is 12.6. The molecule has 1 aromatic rings. The third-order valence-electron chi connectivity index (χ3n) is 2.05. The molecule has 0 aliphatic heterocycles. The Bertz CT molecular complexity index is 349. The summed E-state index contributed by atoms with van der Waals surface area (Å²) in [5.74, 6) is -0.357. The van der Waals surface area contributed by atoms with Crippen LogP contribution in [0.4, 0.5) is 10.1 Å². The Morgan fingerprint density at radius 2 is 1.75 bits per heavy atom. The summed E-state index contributed by atoms with van der Waals surface area (Å²) in [6.07, 6.45) is 0. The molecule has 1 unspecified atom stereocenters. The Morgan fingerprint density at radius 3 is 2.25 bits per heavy atom. The molecule has 1 rings (SSSR count). The van der Waals surface area contributed by atoms with E-state index in [2.05, 4.69) is 10.6 Å². The minimum atomic E-state index is -0.340. The average molecular weight is 224 g/mol. The van der Waals surface area contributed by atoms with Gasteiger partial charge in [-0.1, -0.05) is 0 Å². The second-order valence-corrected chi connectivity index (χ2v) is 4.04. The first-order valence-corrected chi connectivity index (χ1v) is 5.31. The molecule has 0 aromatic heterocycles. The van der Waals surface area contributed by atoms with Crippen molar-refractivity contribution in [1.29, 1.82) is 0 Å². The number of hydrogen-bond donors (Lipinski definition) is 2. The minimum Gasteiger partial charge on any atom is -0.374 e. The number of hydrogen-bond acceptors (Lipinski definition) is 2. The van der Waals surface area contributed by atoms with Crippen molar-refractivity contribution in [2.24, 2.45) is 0 Å². The minimum absolute atomic E-state index is 0.0701. The van der Waals surface area contributed by atoms with Gasteiger partial charge < -0.3 is 10.6 Å². The lowest BCUT2D eigenvalue weighted by molar-refractivity contribution is -0.122. The molecule has 1 amide bonds. The van der Waals surface area contributed by atoms with Crippen molar-refractivity contribution in [3.8, 4) is 0 Å². The van der Waals surface area contributed by atoms with Gasteiger partial charge in [0.15, 0.2) is 0 Å². The second-order valence-electron chi connectivity index (χ2n) is 4.04. The second kappa shape index (κ2) is 5.49. The van der Waals surface area contributed by atoms with Crippen molar-refractivity contribution in [3.63, 3.8) is 0 Å². The maximum absolute atomic E-state index is 12.6. The predicted octanol–water partition coefficient (Wildman–Crippen LogP) is 2.15. The molecular weight excluding hydrogens is 207 g/mol. The summed E-state index contributed by atoms with van der Waals surface area (Å²) in [7, 11) is 0. The Morgan fingerprint density at radius 1 is 1.19 bits per heavy atom. The molecule has 0 fully saturated rings. The van der Waals surface area contributed by atoms with Crippen LogP contribution in [0.3, 0.4) is 0 Å². The number of benzene rings is 1. The van der Waals surface area contributed by atoms with E-state index in [4.69, 9.17) is 0 Å². The van der Waals surface area contributed by atoms with Gasteiger partial charge in [0.25, 0.3) is 0 Å². The number of halogens is 1. The highest BCUT2D eigenvalue weighted by Crippen LogP contribution is 2.09. The van der Waals surface area contributed by atoms with Gasteiger partial charge in [-0.2, -0.15) is 0 Å². The Kier molecular flexibility index (Phi) is 4.28. The summed E-state index contributed by atoms with van der Waals surface area (Å²) in [6, 6.07) is 5.70. The van der Waals surface area contributed by atoms with Gasteiger partial charge in [0.1, 0.15) is 11.9 Å². The van der Waals surface area contributed by atoms with Gasteiger partial charge >= 0.3 is 0 Å². The summed E-state index contributed by atoms with van der Waals surface area (Å²) >= 11 is 0. The van der Waals surface area contributed by atoms with E-state index in [9.17, 15) is 9.18 Å². The summed E-state index contributed by atoms with van der Waals surface area (Å²) in [5, 5.41) is 5.79. The summed E-state index contributed by atoms with van der Waals surface area (Å²) in [5.41, 5.74) is 0.729. The van der Waals surface area contributed by atoms with Crippen LogP contribution in [-0.2, 0) is 4.79 Å². The molecule has 3 nitrogen and oxygen atoms in total. The number of amides is 1. The lowest BCUT2D eigenvalue weighted by Gasteiger charge is -2.16. The van der Waals surface area contributed by atoms with Gasteiger partial charge in [-0.3, -0.25) is 4.79 Å². The van der Waals surface area contributed by atoms with E-state index in [-0.39, 0.29) is 23.8 Å². The first-order valence-electron chi connectivity index (χ1n) is 5.31. The molecule has 0 aliphatic rings. The molecule has 2 N–H and O–H groups in total. The lowest BCUT2D eigenvalue weighted by atomic mass is 10.2. The molecule has 1 atom stereocenters. The van der Waals surface area contributed by atoms with Gasteiger partial charge in [0.2, 0.25) is 5.91 Å². The highest BCUT2D eigenvalue weighted by molar-refractivity contribution is 5.84. The van der Waals surface area contributed by atoms with Crippen molar-refractivity contribution in [2.75, 3.05) is 5.32 Å². The lowest BCUT2D eigenvalue weighted by Crippen LogP contribution is -2.40. The molecule has 16 heavy (non-hydrogen) atoms. The van der Waals surface area contributed by atoms with Gasteiger partial charge in [-0.25, -0.2) is 4.39 Å². The molecule has 4 heteroatoms. The number of anilines is 1. The van der Waals surface area contributed by atoms with E-state index in [0.29, 0.717) is 0 Å². The Hall–Kier alpha value is -1.58. The number of carbonyl (C=O) groups excluding carboxylic acids is 1. The fourth-order valence-electron chi connectivity index (χ4n) is 1.27. The fourth-order valence-corrected chi connectivity index (χ4v) is 1.27. The van der Waals surface area contributed by atoms with Crippen molar-refractivity contribution in [2.45, 2.75) is 32.9 Å². The van der Waals surface area contributed by atoms with Gasteiger partial charge in [-0.05, 0) is 45.0 Å². The van der Waals surface area contributed by atoms with Crippen molar-refractivity contribution in [3.05, 3.63) is 30.1 Å². The van der Waals surface area contributed by atoms with Crippen molar-refractivity contribution < 1.29 is 9.18 Å². The first-order chi connectivity index (χ1) is 7.49. The van der Waals surface area contributed by atoms with Gasteiger partial charge in [0.05, 0.1) is 0 Å². The molecule has 0 spiro atoms. The van der Waals surface area contributed by atoms with Crippen LogP contribution < -0.4 is 10.6 Å². The van der Waals surface area contributed by atoms with E-state index in [1.165, 1.54) is 12.1 Å². The van der Waals surface area contributed by atoms with Crippen LogP contribution in [-0.4, -0.2) is 18.0 Å². The largest absolute Gasteiger partial charge is 0.374 e. The zero-order valence-electron chi connectivity index (χ0n) is 9.75. The summed E-state index contributed by atoms with van der Waals surface area (Å²) in [4.78, 5) is 11.6. The SMILES string of the molecule is CC(C)NC(=O)C(C)Nc1ccc(F)cc1. The number of carbonyl (C=O) groups is 1. The molecule has 88 valence electrons. The number of rotatable bonds is 4. The van der Waals surface area contributed by atoms with Crippen LogP contribution in [0, 0.1) is 5.82 Å². The monoisotopic (exact) mass is 224 g/mol. The van der Waals surface area contributed by atoms with Crippen LogP contribution >= 0.6 is 0 Å². The first kappa shape index (κ1) is 12.5. The average Bonchev–Trinajstić information content (AvgIpc) is 2.20. The zero-order valence-corrected chi connectivity index (χ0v) is 9.75. The smallest absolute Gasteiger partial charge is 0.242 e. The molecule has 0 aliphatic carbocycles. The quantitative estimate of drug-likeness (QED) is 0.822. The molecule has 0 heterocycles. The van der Waals surface area contributed by atoms with Crippen LogP contribution in [0.25, 0.3) is 0 Å².